The number of hydrogen-bond donors (Lipinski definition) is 2. The summed E-state index contributed by atoms with van der Waals surface area (Å²) in [6.45, 7) is 0. The molecule has 3 N–H and O–H groups in total. The Morgan fingerprint density at radius 1 is 1.19 bits per heavy atom. The number of anilines is 3. The first kappa shape index (κ1) is 14.1. The minimum Gasteiger partial charge on any atom is -0.398 e. The number of benzene rings is 2. The lowest BCUT2D eigenvalue weighted by atomic mass is 10.1. The van der Waals surface area contributed by atoms with Crippen molar-refractivity contribution in [2.24, 2.45) is 0 Å². The van der Waals surface area contributed by atoms with E-state index < -0.39 is 5.82 Å². The molecule has 3 nitrogen and oxygen atoms in total. The van der Waals surface area contributed by atoms with Crippen LogP contribution >= 0.6 is 27.5 Å². The minimum absolute atomic E-state index is 0.293. The molecule has 1 aromatic heterocycles. The van der Waals surface area contributed by atoms with Crippen LogP contribution in [0.25, 0.3) is 10.8 Å². The molecule has 0 fully saturated rings. The number of rotatable bonds is 2. The summed E-state index contributed by atoms with van der Waals surface area (Å²) >= 11 is 9.41. The van der Waals surface area contributed by atoms with E-state index in [0.717, 1.165) is 16.5 Å². The molecule has 3 aromatic rings. The van der Waals surface area contributed by atoms with Gasteiger partial charge in [0.15, 0.2) is 0 Å². The number of fused-ring (bicyclic) bond motifs is 1. The Kier molecular flexibility index (Phi) is 3.69. The molecule has 21 heavy (non-hydrogen) atoms. The molecule has 3 rings (SSSR count). The normalized spacial score (nSPS) is 10.8. The Bertz CT molecular complexity index is 815. The van der Waals surface area contributed by atoms with Crippen LogP contribution in [0.15, 0.2) is 47.2 Å². The van der Waals surface area contributed by atoms with Crippen molar-refractivity contribution in [1.82, 2.24) is 4.98 Å². The molecule has 0 spiro atoms. The fourth-order valence-corrected chi connectivity index (χ4v) is 3.02. The van der Waals surface area contributed by atoms with E-state index in [1.807, 2.05) is 12.1 Å². The third-order valence-electron chi connectivity index (χ3n) is 3.12. The van der Waals surface area contributed by atoms with Gasteiger partial charge in [-0.15, -0.1) is 0 Å². The van der Waals surface area contributed by atoms with Gasteiger partial charge in [-0.05, 0) is 46.3 Å². The number of hydrogen-bond acceptors (Lipinski definition) is 3. The van der Waals surface area contributed by atoms with Crippen LogP contribution in [-0.4, -0.2) is 4.98 Å². The summed E-state index contributed by atoms with van der Waals surface area (Å²) in [5.41, 5.74) is 8.01. The second-order valence-corrected chi connectivity index (χ2v) is 5.75. The van der Waals surface area contributed by atoms with E-state index in [4.69, 9.17) is 17.3 Å². The minimum atomic E-state index is -0.399. The molecule has 2 aromatic carbocycles. The molecule has 0 atom stereocenters. The van der Waals surface area contributed by atoms with Crippen molar-refractivity contribution < 1.29 is 4.39 Å². The van der Waals surface area contributed by atoms with Crippen molar-refractivity contribution in [2.75, 3.05) is 11.1 Å². The van der Waals surface area contributed by atoms with Crippen LogP contribution < -0.4 is 11.1 Å². The van der Waals surface area contributed by atoms with Crippen LogP contribution in [0.2, 0.25) is 5.02 Å². The SMILES string of the molecule is Nc1ccc(Nc2c(Cl)cc(F)cc2Br)c2ccncc12. The van der Waals surface area contributed by atoms with Gasteiger partial charge in [0.05, 0.1) is 10.7 Å². The molecule has 1 heterocycles. The second kappa shape index (κ2) is 5.50. The van der Waals surface area contributed by atoms with E-state index in [1.54, 1.807) is 18.5 Å². The van der Waals surface area contributed by atoms with Gasteiger partial charge in [-0.25, -0.2) is 4.39 Å². The van der Waals surface area contributed by atoms with E-state index in [-0.39, 0.29) is 0 Å². The number of aromatic nitrogens is 1. The molecule has 0 saturated heterocycles. The first-order valence-electron chi connectivity index (χ1n) is 6.10. The molecule has 0 bridgehead atoms. The molecule has 0 unspecified atom stereocenters. The summed E-state index contributed by atoms with van der Waals surface area (Å²) < 4.78 is 13.8. The highest BCUT2D eigenvalue weighted by Gasteiger charge is 2.11. The molecule has 0 saturated carbocycles. The quantitative estimate of drug-likeness (QED) is 0.619. The number of nitrogens with zero attached hydrogens (tertiary/aromatic N) is 1. The largest absolute Gasteiger partial charge is 0.398 e. The molecule has 0 aliphatic heterocycles. The fourth-order valence-electron chi connectivity index (χ4n) is 2.12. The number of nitrogens with two attached hydrogens (primary N) is 1. The topological polar surface area (TPSA) is 50.9 Å². The maximum absolute atomic E-state index is 13.3. The second-order valence-electron chi connectivity index (χ2n) is 4.49. The Labute approximate surface area is 134 Å². The van der Waals surface area contributed by atoms with Crippen molar-refractivity contribution in [2.45, 2.75) is 0 Å². The molecule has 0 aliphatic carbocycles. The van der Waals surface area contributed by atoms with E-state index in [2.05, 4.69) is 26.2 Å². The zero-order valence-corrected chi connectivity index (χ0v) is 13.0. The van der Waals surface area contributed by atoms with E-state index in [1.165, 1.54) is 12.1 Å². The van der Waals surface area contributed by atoms with Gasteiger partial charge in [0, 0.05) is 39.0 Å². The van der Waals surface area contributed by atoms with E-state index in [9.17, 15) is 4.39 Å². The van der Waals surface area contributed by atoms with Gasteiger partial charge in [0.1, 0.15) is 5.82 Å². The number of nitrogen functional groups attached to an aromatic ring is 1. The Hall–Kier alpha value is -1.85. The van der Waals surface area contributed by atoms with Gasteiger partial charge >= 0.3 is 0 Å². The predicted octanol–water partition coefficient (Wildman–Crippen LogP) is 5.12. The third-order valence-corrected chi connectivity index (χ3v) is 4.04. The molecule has 0 amide bonds. The highest BCUT2D eigenvalue weighted by Crippen LogP contribution is 2.36. The van der Waals surface area contributed by atoms with Crippen molar-refractivity contribution in [3.05, 3.63) is 58.0 Å². The molecule has 0 radical (unpaired) electrons. The van der Waals surface area contributed by atoms with Gasteiger partial charge in [0.25, 0.3) is 0 Å². The fraction of sp³-hybridized carbons (Fsp3) is 0. The van der Waals surface area contributed by atoms with Crippen molar-refractivity contribution >= 4 is 55.4 Å². The Morgan fingerprint density at radius 2 is 2.00 bits per heavy atom. The van der Waals surface area contributed by atoms with E-state index >= 15 is 0 Å². The van der Waals surface area contributed by atoms with E-state index in [0.29, 0.717) is 20.9 Å². The Balaban J connectivity index is 2.13. The van der Waals surface area contributed by atoms with Crippen LogP contribution in [0.1, 0.15) is 0 Å². The smallest absolute Gasteiger partial charge is 0.125 e. The lowest BCUT2D eigenvalue weighted by molar-refractivity contribution is 0.627. The summed E-state index contributed by atoms with van der Waals surface area (Å²) in [5, 5.41) is 5.26. The predicted molar refractivity (Wildman–Crippen MR) is 88.5 cm³/mol. The van der Waals surface area contributed by atoms with Crippen molar-refractivity contribution in [1.29, 1.82) is 0 Å². The van der Waals surface area contributed by atoms with Gasteiger partial charge in [-0.2, -0.15) is 0 Å². The lowest BCUT2D eigenvalue weighted by Gasteiger charge is -2.14. The maximum Gasteiger partial charge on any atom is 0.125 e. The van der Waals surface area contributed by atoms with Crippen LogP contribution in [0.4, 0.5) is 21.5 Å². The first-order valence-corrected chi connectivity index (χ1v) is 7.27. The van der Waals surface area contributed by atoms with Gasteiger partial charge in [0.2, 0.25) is 0 Å². The summed E-state index contributed by atoms with van der Waals surface area (Å²) in [5.74, 6) is -0.399. The molecule has 0 aliphatic rings. The number of pyridine rings is 1. The average Bonchev–Trinajstić information content (AvgIpc) is 2.45. The molecular formula is C15H10BrClFN3. The van der Waals surface area contributed by atoms with Crippen LogP contribution in [-0.2, 0) is 0 Å². The van der Waals surface area contributed by atoms with Crippen molar-refractivity contribution in [3.8, 4) is 0 Å². The monoisotopic (exact) mass is 365 g/mol. The van der Waals surface area contributed by atoms with Crippen LogP contribution in [0.3, 0.4) is 0 Å². The average molecular weight is 367 g/mol. The zero-order valence-electron chi connectivity index (χ0n) is 10.7. The molecule has 6 heteroatoms. The lowest BCUT2D eigenvalue weighted by Crippen LogP contribution is -1.96. The summed E-state index contributed by atoms with van der Waals surface area (Å²) in [7, 11) is 0. The summed E-state index contributed by atoms with van der Waals surface area (Å²) in [4.78, 5) is 4.08. The standard InChI is InChI=1S/C15H10BrClFN3/c16-11-5-8(18)6-12(17)15(11)21-14-2-1-13(19)10-7-20-4-3-9(10)14/h1-7,21H,19H2. The first-order chi connectivity index (χ1) is 10.1. The van der Waals surface area contributed by atoms with Gasteiger partial charge in [-0.1, -0.05) is 11.6 Å². The van der Waals surface area contributed by atoms with Gasteiger partial charge < -0.3 is 11.1 Å². The highest BCUT2D eigenvalue weighted by atomic mass is 79.9. The molecular weight excluding hydrogens is 357 g/mol. The summed E-state index contributed by atoms with van der Waals surface area (Å²) in [6.07, 6.45) is 3.39. The zero-order chi connectivity index (χ0) is 15.0. The number of halogens is 3. The molecule has 106 valence electrons. The van der Waals surface area contributed by atoms with Gasteiger partial charge in [-0.3, -0.25) is 4.98 Å². The van der Waals surface area contributed by atoms with Crippen LogP contribution in [0.5, 0.6) is 0 Å². The van der Waals surface area contributed by atoms with Crippen molar-refractivity contribution in [3.63, 3.8) is 0 Å². The highest BCUT2D eigenvalue weighted by molar-refractivity contribution is 9.10. The van der Waals surface area contributed by atoms with Crippen LogP contribution in [0, 0.1) is 5.82 Å². The third kappa shape index (κ3) is 2.66. The maximum atomic E-state index is 13.3. The Morgan fingerprint density at radius 3 is 2.76 bits per heavy atom. The number of nitrogens with one attached hydrogen (secondary N) is 1. The summed E-state index contributed by atoms with van der Waals surface area (Å²) in [6, 6.07) is 8.12.